The lowest BCUT2D eigenvalue weighted by Gasteiger charge is -2.09. The molecule has 0 aliphatic carbocycles. The van der Waals surface area contributed by atoms with Crippen LogP contribution in [0, 0.1) is 0 Å². The number of methoxy groups -OCH3 is 1. The van der Waals surface area contributed by atoms with Crippen LogP contribution in [0.1, 0.15) is 6.42 Å². The number of para-hydroxylation sites is 2. The van der Waals surface area contributed by atoms with E-state index >= 15 is 0 Å². The average molecular weight is 181 g/mol. The number of ether oxygens (including phenoxy) is 2. The Morgan fingerprint density at radius 1 is 1.23 bits per heavy atom. The van der Waals surface area contributed by atoms with Crippen molar-refractivity contribution < 1.29 is 9.47 Å². The first-order valence-corrected chi connectivity index (χ1v) is 4.34. The maximum atomic E-state index is 5.46. The first-order valence-electron chi connectivity index (χ1n) is 4.34. The molecule has 0 aliphatic rings. The molecule has 3 nitrogen and oxygen atoms in total. The summed E-state index contributed by atoms with van der Waals surface area (Å²) in [5.74, 6) is 1.54. The molecule has 1 aromatic rings. The fraction of sp³-hybridized carbons (Fsp3) is 0.400. The van der Waals surface area contributed by atoms with Crippen LogP contribution in [0.5, 0.6) is 11.5 Å². The van der Waals surface area contributed by atoms with E-state index in [1.165, 1.54) is 0 Å². The summed E-state index contributed by atoms with van der Waals surface area (Å²) in [4.78, 5) is 0. The van der Waals surface area contributed by atoms with E-state index in [4.69, 9.17) is 15.2 Å². The van der Waals surface area contributed by atoms with Gasteiger partial charge in [-0.3, -0.25) is 0 Å². The predicted octanol–water partition coefficient (Wildman–Crippen LogP) is 1.42. The second-order valence-corrected chi connectivity index (χ2v) is 2.64. The summed E-state index contributed by atoms with van der Waals surface area (Å²) in [5.41, 5.74) is 5.35. The zero-order chi connectivity index (χ0) is 9.52. The molecule has 0 aliphatic heterocycles. The van der Waals surface area contributed by atoms with Gasteiger partial charge in [-0.05, 0) is 25.1 Å². The summed E-state index contributed by atoms with van der Waals surface area (Å²) in [5, 5.41) is 0. The summed E-state index contributed by atoms with van der Waals surface area (Å²) < 4.78 is 10.6. The van der Waals surface area contributed by atoms with Crippen LogP contribution in [0.4, 0.5) is 0 Å². The molecule has 13 heavy (non-hydrogen) atoms. The molecule has 0 amide bonds. The van der Waals surface area contributed by atoms with E-state index in [2.05, 4.69) is 0 Å². The van der Waals surface area contributed by atoms with Crippen LogP contribution >= 0.6 is 0 Å². The van der Waals surface area contributed by atoms with Gasteiger partial charge >= 0.3 is 0 Å². The highest BCUT2D eigenvalue weighted by molar-refractivity contribution is 5.39. The third-order valence-electron chi connectivity index (χ3n) is 1.68. The van der Waals surface area contributed by atoms with Gasteiger partial charge in [0.2, 0.25) is 0 Å². The van der Waals surface area contributed by atoms with Crippen molar-refractivity contribution in [1.29, 1.82) is 0 Å². The Labute approximate surface area is 78.5 Å². The summed E-state index contributed by atoms with van der Waals surface area (Å²) in [7, 11) is 1.63. The van der Waals surface area contributed by atoms with E-state index < -0.39 is 0 Å². The molecule has 1 aromatic carbocycles. The van der Waals surface area contributed by atoms with E-state index in [0.29, 0.717) is 13.2 Å². The van der Waals surface area contributed by atoms with Gasteiger partial charge in [-0.15, -0.1) is 0 Å². The minimum absolute atomic E-state index is 0.636. The second kappa shape index (κ2) is 5.43. The smallest absolute Gasteiger partial charge is 0.161 e. The Hall–Kier alpha value is -1.22. The van der Waals surface area contributed by atoms with Crippen molar-refractivity contribution >= 4 is 0 Å². The molecular formula is C10H15NO2. The number of hydrogen-bond donors (Lipinski definition) is 1. The van der Waals surface area contributed by atoms with Crippen molar-refractivity contribution in [2.24, 2.45) is 5.73 Å². The van der Waals surface area contributed by atoms with Crippen LogP contribution in [0.3, 0.4) is 0 Å². The highest BCUT2D eigenvalue weighted by Crippen LogP contribution is 2.25. The molecule has 3 heteroatoms. The van der Waals surface area contributed by atoms with Crippen molar-refractivity contribution in [1.82, 2.24) is 0 Å². The summed E-state index contributed by atoms with van der Waals surface area (Å²) in [6, 6.07) is 7.59. The summed E-state index contributed by atoms with van der Waals surface area (Å²) >= 11 is 0. The minimum atomic E-state index is 0.636. The molecule has 0 fully saturated rings. The third-order valence-corrected chi connectivity index (χ3v) is 1.68. The average Bonchev–Trinajstić information content (AvgIpc) is 2.19. The Bertz CT molecular complexity index is 250. The maximum Gasteiger partial charge on any atom is 0.161 e. The fourth-order valence-electron chi connectivity index (χ4n) is 1.00. The number of rotatable bonds is 5. The molecule has 0 saturated carbocycles. The molecule has 0 saturated heterocycles. The quantitative estimate of drug-likeness (QED) is 0.699. The molecule has 1 rings (SSSR count). The maximum absolute atomic E-state index is 5.46. The van der Waals surface area contributed by atoms with Gasteiger partial charge in [-0.2, -0.15) is 0 Å². The van der Waals surface area contributed by atoms with Gasteiger partial charge in [0.05, 0.1) is 13.7 Å². The second-order valence-electron chi connectivity index (χ2n) is 2.64. The predicted molar refractivity (Wildman–Crippen MR) is 52.2 cm³/mol. The molecule has 72 valence electrons. The van der Waals surface area contributed by atoms with Gasteiger partial charge in [-0.25, -0.2) is 0 Å². The van der Waals surface area contributed by atoms with Gasteiger partial charge in [0.25, 0.3) is 0 Å². The number of hydrogen-bond acceptors (Lipinski definition) is 3. The molecule has 0 aromatic heterocycles. The van der Waals surface area contributed by atoms with Crippen LogP contribution in [0.2, 0.25) is 0 Å². The van der Waals surface area contributed by atoms with Crippen LogP contribution in [0.25, 0.3) is 0 Å². The summed E-state index contributed by atoms with van der Waals surface area (Å²) in [6.07, 6.45) is 0.859. The highest BCUT2D eigenvalue weighted by atomic mass is 16.5. The topological polar surface area (TPSA) is 44.5 Å². The Morgan fingerprint density at radius 3 is 2.54 bits per heavy atom. The Balaban J connectivity index is 2.54. The van der Waals surface area contributed by atoms with Crippen LogP contribution in [-0.4, -0.2) is 20.3 Å². The standard InChI is InChI=1S/C10H15NO2/c1-12-9-5-2-3-6-10(9)13-8-4-7-11/h2-3,5-6H,4,7-8,11H2,1H3. The van der Waals surface area contributed by atoms with Crippen LogP contribution < -0.4 is 15.2 Å². The zero-order valence-electron chi connectivity index (χ0n) is 7.82. The van der Waals surface area contributed by atoms with Gasteiger partial charge in [0.1, 0.15) is 0 Å². The third kappa shape index (κ3) is 2.95. The molecule has 0 bridgehead atoms. The zero-order valence-corrected chi connectivity index (χ0v) is 7.82. The molecular weight excluding hydrogens is 166 g/mol. The van der Waals surface area contributed by atoms with E-state index in [-0.39, 0.29) is 0 Å². The number of nitrogens with two attached hydrogens (primary N) is 1. The Morgan fingerprint density at radius 2 is 1.92 bits per heavy atom. The molecule has 0 spiro atoms. The normalized spacial score (nSPS) is 9.69. The molecule has 2 N–H and O–H groups in total. The highest BCUT2D eigenvalue weighted by Gasteiger charge is 2.00. The van der Waals surface area contributed by atoms with Crippen molar-refractivity contribution in [3.8, 4) is 11.5 Å². The van der Waals surface area contributed by atoms with Crippen molar-refractivity contribution in [2.45, 2.75) is 6.42 Å². The van der Waals surface area contributed by atoms with Crippen molar-refractivity contribution in [3.63, 3.8) is 0 Å². The van der Waals surface area contributed by atoms with Crippen LogP contribution in [-0.2, 0) is 0 Å². The molecule has 0 radical (unpaired) electrons. The van der Waals surface area contributed by atoms with Gasteiger partial charge in [-0.1, -0.05) is 12.1 Å². The van der Waals surface area contributed by atoms with Crippen LogP contribution in [0.15, 0.2) is 24.3 Å². The largest absolute Gasteiger partial charge is 0.493 e. The van der Waals surface area contributed by atoms with Crippen molar-refractivity contribution in [2.75, 3.05) is 20.3 Å². The lowest BCUT2D eigenvalue weighted by molar-refractivity contribution is 0.291. The van der Waals surface area contributed by atoms with Crippen molar-refractivity contribution in [3.05, 3.63) is 24.3 Å². The van der Waals surface area contributed by atoms with Gasteiger partial charge in [0.15, 0.2) is 11.5 Å². The SMILES string of the molecule is COc1ccccc1OCCCN. The first kappa shape index (κ1) is 9.86. The lowest BCUT2D eigenvalue weighted by atomic mass is 10.3. The molecule has 0 unspecified atom stereocenters. The minimum Gasteiger partial charge on any atom is -0.493 e. The van der Waals surface area contributed by atoms with E-state index in [9.17, 15) is 0 Å². The fourth-order valence-corrected chi connectivity index (χ4v) is 1.00. The molecule has 0 heterocycles. The monoisotopic (exact) mass is 181 g/mol. The Kier molecular flexibility index (Phi) is 4.12. The van der Waals surface area contributed by atoms with Gasteiger partial charge in [0, 0.05) is 0 Å². The summed E-state index contributed by atoms with van der Waals surface area (Å²) in [6.45, 7) is 1.28. The lowest BCUT2D eigenvalue weighted by Crippen LogP contribution is -2.06. The van der Waals surface area contributed by atoms with Gasteiger partial charge < -0.3 is 15.2 Å². The van der Waals surface area contributed by atoms with E-state index in [0.717, 1.165) is 17.9 Å². The first-order chi connectivity index (χ1) is 6.38. The number of benzene rings is 1. The van der Waals surface area contributed by atoms with E-state index in [1.54, 1.807) is 7.11 Å². The van der Waals surface area contributed by atoms with E-state index in [1.807, 2.05) is 24.3 Å². The molecule has 0 atom stereocenters.